The van der Waals surface area contributed by atoms with E-state index in [-0.39, 0.29) is 0 Å². The summed E-state index contributed by atoms with van der Waals surface area (Å²) in [6.45, 7) is 2.09. The number of carboxylic acids is 1. The summed E-state index contributed by atoms with van der Waals surface area (Å²) in [5.41, 5.74) is 2.01. The van der Waals surface area contributed by atoms with Crippen LogP contribution in [-0.4, -0.2) is 20.6 Å². The molecule has 1 N–H and O–H groups in total. The number of aromatic carboxylic acids is 1. The van der Waals surface area contributed by atoms with E-state index in [2.05, 4.69) is 16.5 Å². The first-order valence-corrected chi connectivity index (χ1v) is 7.95. The summed E-state index contributed by atoms with van der Waals surface area (Å²) in [5, 5.41) is 9.50. The van der Waals surface area contributed by atoms with E-state index in [0.29, 0.717) is 11.6 Å². The van der Waals surface area contributed by atoms with Crippen LogP contribution in [-0.2, 0) is 6.42 Å². The molecule has 0 spiro atoms. The molecule has 0 aliphatic heterocycles. The fourth-order valence-electron chi connectivity index (χ4n) is 3.53. The summed E-state index contributed by atoms with van der Waals surface area (Å²) in [6, 6.07) is 5.80. The summed E-state index contributed by atoms with van der Waals surface area (Å²) < 4.78 is 2.23. The molecule has 2 aromatic rings. The first kappa shape index (κ1) is 14.1. The van der Waals surface area contributed by atoms with Gasteiger partial charge in [-0.05, 0) is 25.0 Å². The highest BCUT2D eigenvalue weighted by molar-refractivity contribution is 6.01. The molecule has 0 atom stereocenters. The van der Waals surface area contributed by atoms with Crippen LogP contribution in [0.2, 0.25) is 0 Å². The van der Waals surface area contributed by atoms with Crippen LogP contribution >= 0.6 is 0 Å². The molecule has 1 fully saturated rings. The van der Waals surface area contributed by atoms with Crippen LogP contribution < -0.4 is 0 Å². The van der Waals surface area contributed by atoms with Crippen molar-refractivity contribution in [2.75, 3.05) is 0 Å². The van der Waals surface area contributed by atoms with Crippen LogP contribution in [0.5, 0.6) is 0 Å². The van der Waals surface area contributed by atoms with Gasteiger partial charge in [0, 0.05) is 12.5 Å². The number of benzene rings is 1. The minimum absolute atomic E-state index is 0.379. The van der Waals surface area contributed by atoms with Crippen molar-refractivity contribution in [1.29, 1.82) is 0 Å². The number of hydrogen-bond donors (Lipinski definition) is 1. The number of fused-ring (bicyclic) bond motifs is 1. The smallest absolute Gasteiger partial charge is 0.337 e. The van der Waals surface area contributed by atoms with Crippen LogP contribution in [0.25, 0.3) is 11.0 Å². The lowest BCUT2D eigenvalue weighted by molar-refractivity contribution is 0.0698. The standard InChI is InChI=1S/C17H22N2O2/c1-2-15-18-14-11-7-10-13(17(20)21)16(14)19(15)12-8-5-3-4-6-9-12/h7,10-12H,2-6,8-9H2,1H3,(H,20,21). The highest BCUT2D eigenvalue weighted by atomic mass is 16.4. The van der Waals surface area contributed by atoms with Crippen LogP contribution in [0.1, 0.15) is 67.7 Å². The zero-order chi connectivity index (χ0) is 14.8. The molecule has 1 heterocycles. The normalized spacial score (nSPS) is 17.0. The number of carboxylic acid groups (broad SMARTS) is 1. The van der Waals surface area contributed by atoms with E-state index in [0.717, 1.165) is 36.1 Å². The molecule has 0 saturated heterocycles. The van der Waals surface area contributed by atoms with Gasteiger partial charge in [-0.25, -0.2) is 9.78 Å². The maximum atomic E-state index is 11.6. The largest absolute Gasteiger partial charge is 0.478 e. The van der Waals surface area contributed by atoms with Crippen molar-refractivity contribution in [3.05, 3.63) is 29.6 Å². The molecular formula is C17H22N2O2. The van der Waals surface area contributed by atoms with Gasteiger partial charge in [0.05, 0.1) is 16.6 Å². The molecule has 3 rings (SSSR count). The van der Waals surface area contributed by atoms with Gasteiger partial charge < -0.3 is 9.67 Å². The lowest BCUT2D eigenvalue weighted by Crippen LogP contribution is -2.13. The number of nitrogens with zero attached hydrogens (tertiary/aromatic N) is 2. The van der Waals surface area contributed by atoms with Crippen molar-refractivity contribution in [1.82, 2.24) is 9.55 Å². The van der Waals surface area contributed by atoms with Crippen LogP contribution in [0, 0.1) is 0 Å². The van der Waals surface area contributed by atoms with E-state index < -0.39 is 5.97 Å². The minimum atomic E-state index is -0.863. The third kappa shape index (κ3) is 2.55. The average Bonchev–Trinajstić information content (AvgIpc) is 2.67. The summed E-state index contributed by atoms with van der Waals surface area (Å²) in [6.07, 6.45) is 8.13. The number of aryl methyl sites for hydroxylation is 1. The fraction of sp³-hybridized carbons (Fsp3) is 0.529. The van der Waals surface area contributed by atoms with Crippen LogP contribution in [0.15, 0.2) is 18.2 Å². The Balaban J connectivity index is 2.20. The summed E-state index contributed by atoms with van der Waals surface area (Å²) in [7, 11) is 0. The molecule has 0 bridgehead atoms. The zero-order valence-electron chi connectivity index (χ0n) is 12.5. The van der Waals surface area contributed by atoms with Crippen molar-refractivity contribution in [2.24, 2.45) is 0 Å². The van der Waals surface area contributed by atoms with E-state index in [1.165, 1.54) is 25.7 Å². The Morgan fingerprint density at radius 3 is 2.62 bits per heavy atom. The summed E-state index contributed by atoms with van der Waals surface area (Å²) >= 11 is 0. The molecule has 0 radical (unpaired) electrons. The highest BCUT2D eigenvalue weighted by Crippen LogP contribution is 2.33. The molecule has 4 heteroatoms. The van der Waals surface area contributed by atoms with Crippen molar-refractivity contribution in [3.63, 3.8) is 0 Å². The number of imidazole rings is 1. The maximum Gasteiger partial charge on any atom is 0.337 e. The molecule has 21 heavy (non-hydrogen) atoms. The predicted octanol–water partition coefficient (Wildman–Crippen LogP) is 4.19. The van der Waals surface area contributed by atoms with E-state index in [1.807, 2.05) is 6.07 Å². The second-order valence-electron chi connectivity index (χ2n) is 5.88. The van der Waals surface area contributed by atoms with Gasteiger partial charge in [0.15, 0.2) is 0 Å². The van der Waals surface area contributed by atoms with E-state index >= 15 is 0 Å². The monoisotopic (exact) mass is 286 g/mol. The lowest BCUT2D eigenvalue weighted by Gasteiger charge is -2.20. The number of hydrogen-bond acceptors (Lipinski definition) is 2. The fourth-order valence-corrected chi connectivity index (χ4v) is 3.53. The average molecular weight is 286 g/mol. The van der Waals surface area contributed by atoms with Crippen molar-refractivity contribution >= 4 is 17.0 Å². The van der Waals surface area contributed by atoms with Gasteiger partial charge in [0.1, 0.15) is 5.82 Å². The van der Waals surface area contributed by atoms with Gasteiger partial charge in [-0.1, -0.05) is 38.7 Å². The molecule has 0 unspecified atom stereocenters. The molecule has 1 aliphatic carbocycles. The van der Waals surface area contributed by atoms with Crippen LogP contribution in [0.4, 0.5) is 0 Å². The number of para-hydroxylation sites is 1. The quantitative estimate of drug-likeness (QED) is 0.861. The Hall–Kier alpha value is -1.84. The predicted molar refractivity (Wildman–Crippen MR) is 82.8 cm³/mol. The van der Waals surface area contributed by atoms with Crippen molar-refractivity contribution in [3.8, 4) is 0 Å². The van der Waals surface area contributed by atoms with Crippen molar-refractivity contribution < 1.29 is 9.90 Å². The number of aromatic nitrogens is 2. The van der Waals surface area contributed by atoms with Crippen molar-refractivity contribution in [2.45, 2.75) is 57.9 Å². The Morgan fingerprint density at radius 1 is 1.29 bits per heavy atom. The molecule has 1 aromatic carbocycles. The number of rotatable bonds is 3. The topological polar surface area (TPSA) is 55.1 Å². The zero-order valence-corrected chi connectivity index (χ0v) is 12.5. The van der Waals surface area contributed by atoms with Gasteiger partial charge in [0.2, 0.25) is 0 Å². The molecule has 1 saturated carbocycles. The maximum absolute atomic E-state index is 11.6. The second kappa shape index (κ2) is 5.88. The molecular weight excluding hydrogens is 264 g/mol. The van der Waals surface area contributed by atoms with Gasteiger partial charge in [0.25, 0.3) is 0 Å². The van der Waals surface area contributed by atoms with Gasteiger partial charge >= 0.3 is 5.97 Å². The van der Waals surface area contributed by atoms with E-state index in [9.17, 15) is 9.90 Å². The Morgan fingerprint density at radius 2 is 2.00 bits per heavy atom. The highest BCUT2D eigenvalue weighted by Gasteiger charge is 2.23. The SMILES string of the molecule is CCc1nc2cccc(C(=O)O)c2n1C1CCCCCC1. The summed E-state index contributed by atoms with van der Waals surface area (Å²) in [5.74, 6) is 0.156. The van der Waals surface area contributed by atoms with Crippen LogP contribution in [0.3, 0.4) is 0 Å². The molecule has 0 amide bonds. The Labute approximate surface area is 124 Å². The number of carbonyl (C=O) groups is 1. The molecule has 112 valence electrons. The second-order valence-corrected chi connectivity index (χ2v) is 5.88. The van der Waals surface area contributed by atoms with Gasteiger partial charge in [-0.15, -0.1) is 0 Å². The third-order valence-corrected chi connectivity index (χ3v) is 4.52. The first-order valence-electron chi connectivity index (χ1n) is 7.95. The lowest BCUT2D eigenvalue weighted by atomic mass is 10.1. The first-order chi connectivity index (χ1) is 10.2. The van der Waals surface area contributed by atoms with Gasteiger partial charge in [-0.2, -0.15) is 0 Å². The third-order valence-electron chi connectivity index (χ3n) is 4.52. The van der Waals surface area contributed by atoms with E-state index in [4.69, 9.17) is 0 Å². The Kier molecular flexibility index (Phi) is 3.95. The molecule has 1 aliphatic rings. The Bertz CT molecular complexity index is 652. The minimum Gasteiger partial charge on any atom is -0.478 e. The summed E-state index contributed by atoms with van der Waals surface area (Å²) in [4.78, 5) is 16.3. The van der Waals surface area contributed by atoms with E-state index in [1.54, 1.807) is 12.1 Å². The van der Waals surface area contributed by atoms with Gasteiger partial charge in [-0.3, -0.25) is 0 Å². The molecule has 4 nitrogen and oxygen atoms in total. The molecule has 1 aromatic heterocycles.